The summed E-state index contributed by atoms with van der Waals surface area (Å²) < 4.78 is 13.2. The van der Waals surface area contributed by atoms with Crippen molar-refractivity contribution in [2.75, 3.05) is 27.3 Å². The van der Waals surface area contributed by atoms with Gasteiger partial charge in [0.05, 0.1) is 0 Å². The molecule has 0 atom stereocenters. The first kappa shape index (κ1) is 17.3. The van der Waals surface area contributed by atoms with E-state index in [4.69, 9.17) is 19.9 Å². The van der Waals surface area contributed by atoms with Crippen LogP contribution in [0.25, 0.3) is 0 Å². The molecule has 0 aromatic heterocycles. The molecule has 0 aliphatic carbocycles. The minimum atomic E-state index is 0.427. The molecule has 0 unspecified atom stereocenters. The highest BCUT2D eigenvalue weighted by Gasteiger charge is 2.00. The Bertz CT molecular complexity index is 635. The van der Waals surface area contributed by atoms with Gasteiger partial charge in [-0.1, -0.05) is 0 Å². The van der Waals surface area contributed by atoms with E-state index < -0.39 is 0 Å². The molecule has 2 aromatic carbocycles. The highest BCUT2D eigenvalue weighted by molar-refractivity contribution is 5.75. The number of hydrogen-bond donors (Lipinski definition) is 2. The van der Waals surface area contributed by atoms with E-state index in [1.54, 1.807) is 26.5 Å². The van der Waals surface area contributed by atoms with Gasteiger partial charge in [0.2, 0.25) is 12.4 Å². The van der Waals surface area contributed by atoms with E-state index in [1.165, 1.54) is 0 Å². The zero-order chi connectivity index (χ0) is 17.4. The van der Waals surface area contributed by atoms with Crippen LogP contribution in [-0.2, 0) is 0 Å². The molecule has 0 aliphatic rings. The quantitative estimate of drug-likeness (QED) is 0.268. The van der Waals surface area contributed by atoms with E-state index >= 15 is 0 Å². The van der Waals surface area contributed by atoms with Crippen LogP contribution in [0.1, 0.15) is 11.1 Å². The molecule has 2 aromatic rings. The fourth-order valence-corrected chi connectivity index (χ4v) is 2.05. The first-order valence-corrected chi connectivity index (χ1v) is 7.52. The third-order valence-corrected chi connectivity index (χ3v) is 3.05. The molecule has 2 rings (SSSR count). The zero-order valence-electron chi connectivity index (χ0n) is 13.8. The predicted molar refractivity (Wildman–Crippen MR) is 90.1 cm³/mol. The lowest BCUT2D eigenvalue weighted by Crippen LogP contribution is -2.09. The van der Waals surface area contributed by atoms with Crippen LogP contribution in [0.5, 0.6) is 11.5 Å². The summed E-state index contributed by atoms with van der Waals surface area (Å²) in [5.41, 5.74) is 1.77. The molecule has 0 bridgehead atoms. The van der Waals surface area contributed by atoms with Crippen LogP contribution in [-0.4, -0.2) is 59.6 Å². The summed E-state index contributed by atoms with van der Waals surface area (Å²) in [6.45, 7) is 0.854. The molecule has 0 saturated heterocycles. The minimum absolute atomic E-state index is 0.427. The summed E-state index contributed by atoms with van der Waals surface area (Å²) in [4.78, 5) is 0. The van der Waals surface area contributed by atoms with Crippen molar-refractivity contribution in [1.82, 2.24) is 0 Å². The number of hydroxylamine groups is 2. The second-order valence-corrected chi connectivity index (χ2v) is 5.24. The van der Waals surface area contributed by atoms with E-state index in [-0.39, 0.29) is 0 Å². The molecule has 0 amide bonds. The molecule has 0 fully saturated rings. The zero-order valence-corrected chi connectivity index (χ0v) is 13.8. The highest BCUT2D eigenvalue weighted by atomic mass is 16.5. The normalized spacial score (nSPS) is 12.1. The van der Waals surface area contributed by atoms with Crippen LogP contribution >= 0.6 is 0 Å². The SMILES string of the molecule is C/[N+](O)=C\c1ccc(OCCOc2ccc(/C=[N+](\C)O)cc2)cc1. The molecule has 2 N–H and O–H groups in total. The van der Waals surface area contributed by atoms with Crippen molar-refractivity contribution < 1.29 is 29.4 Å². The van der Waals surface area contributed by atoms with Gasteiger partial charge in [0.25, 0.3) is 0 Å². The minimum Gasteiger partial charge on any atom is -0.490 e. The Morgan fingerprint density at radius 3 is 1.33 bits per heavy atom. The van der Waals surface area contributed by atoms with Crippen LogP contribution < -0.4 is 9.47 Å². The molecule has 6 heteroatoms. The van der Waals surface area contributed by atoms with Gasteiger partial charge >= 0.3 is 0 Å². The highest BCUT2D eigenvalue weighted by Crippen LogP contribution is 2.13. The topological polar surface area (TPSA) is 64.9 Å². The number of rotatable bonds is 7. The average Bonchev–Trinajstić information content (AvgIpc) is 2.53. The van der Waals surface area contributed by atoms with Crippen LogP contribution in [0.15, 0.2) is 48.5 Å². The molecule has 126 valence electrons. The summed E-state index contributed by atoms with van der Waals surface area (Å²) in [7, 11) is 3.10. The molecular formula is C18H22N2O4+2. The summed E-state index contributed by atoms with van der Waals surface area (Å²) >= 11 is 0. The van der Waals surface area contributed by atoms with Crippen molar-refractivity contribution in [2.45, 2.75) is 0 Å². The van der Waals surface area contributed by atoms with Gasteiger partial charge in [-0.2, -0.15) is 0 Å². The van der Waals surface area contributed by atoms with Gasteiger partial charge in [-0.3, -0.25) is 10.4 Å². The lowest BCUT2D eigenvalue weighted by Gasteiger charge is -2.08. The van der Waals surface area contributed by atoms with Gasteiger partial charge in [-0.05, 0) is 58.0 Å². The van der Waals surface area contributed by atoms with Crippen LogP contribution in [0.4, 0.5) is 0 Å². The second kappa shape index (κ2) is 8.57. The van der Waals surface area contributed by atoms with Gasteiger partial charge in [0.15, 0.2) is 14.1 Å². The van der Waals surface area contributed by atoms with E-state index in [0.717, 1.165) is 32.1 Å². The molecule has 6 nitrogen and oxygen atoms in total. The van der Waals surface area contributed by atoms with Crippen molar-refractivity contribution in [3.8, 4) is 11.5 Å². The van der Waals surface area contributed by atoms with Crippen LogP contribution in [0, 0.1) is 0 Å². The summed E-state index contributed by atoms with van der Waals surface area (Å²) in [6, 6.07) is 14.8. The Morgan fingerprint density at radius 2 is 1.04 bits per heavy atom. The number of ether oxygens (including phenoxy) is 2. The third kappa shape index (κ3) is 6.00. The first-order valence-electron chi connectivity index (χ1n) is 7.52. The second-order valence-electron chi connectivity index (χ2n) is 5.24. The molecule has 0 spiro atoms. The maximum absolute atomic E-state index is 9.13. The lowest BCUT2D eigenvalue weighted by molar-refractivity contribution is -0.750. The maximum atomic E-state index is 9.13. The van der Waals surface area contributed by atoms with E-state index in [1.807, 2.05) is 48.5 Å². The molecule has 0 aliphatic heterocycles. The maximum Gasteiger partial charge on any atom is 0.222 e. The number of nitrogens with zero attached hydrogens (tertiary/aromatic N) is 2. The molecule has 0 radical (unpaired) electrons. The standard InChI is InChI=1S/C18H22N2O4/c1-19(21)13-15-3-7-17(8-4-15)23-11-12-24-18-9-5-16(6-10-18)14-20(2)22/h3-10,13-14,21-22H,11-12H2,1-2H3/q+2/b19-13+,20-14+. The smallest absolute Gasteiger partial charge is 0.222 e. The Labute approximate surface area is 141 Å². The summed E-state index contributed by atoms with van der Waals surface area (Å²) in [5.74, 6) is 1.49. The number of benzene rings is 2. The van der Waals surface area contributed by atoms with Crippen molar-refractivity contribution in [1.29, 1.82) is 0 Å². The van der Waals surface area contributed by atoms with Crippen LogP contribution in [0.3, 0.4) is 0 Å². The molecule has 0 heterocycles. The predicted octanol–water partition coefficient (Wildman–Crippen LogP) is 2.05. The van der Waals surface area contributed by atoms with Crippen molar-refractivity contribution in [3.63, 3.8) is 0 Å². The summed E-state index contributed by atoms with van der Waals surface area (Å²) in [5, 5.41) is 18.3. The van der Waals surface area contributed by atoms with Crippen LogP contribution in [0.2, 0.25) is 0 Å². The Hall–Kier alpha value is -3.02. The fourth-order valence-electron chi connectivity index (χ4n) is 2.05. The molecule has 0 saturated carbocycles. The Kier molecular flexibility index (Phi) is 6.19. The van der Waals surface area contributed by atoms with Gasteiger partial charge in [-0.15, -0.1) is 0 Å². The number of hydrogen-bond acceptors (Lipinski definition) is 4. The Morgan fingerprint density at radius 1 is 0.708 bits per heavy atom. The van der Waals surface area contributed by atoms with Crippen molar-refractivity contribution >= 4 is 12.4 Å². The van der Waals surface area contributed by atoms with E-state index in [0.29, 0.717) is 13.2 Å². The molecule has 24 heavy (non-hydrogen) atoms. The van der Waals surface area contributed by atoms with Crippen molar-refractivity contribution in [2.24, 2.45) is 0 Å². The summed E-state index contributed by atoms with van der Waals surface area (Å²) in [6.07, 6.45) is 3.20. The molecular weight excluding hydrogens is 308 g/mol. The largest absolute Gasteiger partial charge is 0.490 e. The monoisotopic (exact) mass is 330 g/mol. The lowest BCUT2D eigenvalue weighted by atomic mass is 10.2. The van der Waals surface area contributed by atoms with Gasteiger partial charge in [0.1, 0.15) is 24.7 Å². The van der Waals surface area contributed by atoms with Gasteiger partial charge in [0, 0.05) is 11.1 Å². The van der Waals surface area contributed by atoms with Gasteiger partial charge in [-0.25, -0.2) is 0 Å². The third-order valence-electron chi connectivity index (χ3n) is 3.05. The van der Waals surface area contributed by atoms with Gasteiger partial charge < -0.3 is 9.47 Å². The Balaban J connectivity index is 1.76. The fraction of sp³-hybridized carbons (Fsp3) is 0.222. The van der Waals surface area contributed by atoms with E-state index in [9.17, 15) is 0 Å². The average molecular weight is 330 g/mol. The van der Waals surface area contributed by atoms with Crippen molar-refractivity contribution in [3.05, 3.63) is 59.7 Å². The first-order chi connectivity index (χ1) is 11.5. The van der Waals surface area contributed by atoms with E-state index in [2.05, 4.69) is 0 Å².